The van der Waals surface area contributed by atoms with E-state index >= 15 is 0 Å². The van der Waals surface area contributed by atoms with Gasteiger partial charge in [0.15, 0.2) is 0 Å². The summed E-state index contributed by atoms with van der Waals surface area (Å²) in [5.41, 5.74) is 15.9. The molecule has 494 valence electrons. The molecular weight excluding hydrogens is 1130 g/mol. The predicted octanol–water partition coefficient (Wildman–Crippen LogP) is 4.00. The van der Waals surface area contributed by atoms with Gasteiger partial charge in [-0.2, -0.15) is 0 Å². The number of ether oxygens (including phenoxy) is 2. The van der Waals surface area contributed by atoms with Crippen molar-refractivity contribution in [1.29, 1.82) is 0 Å². The lowest BCUT2D eigenvalue weighted by Crippen LogP contribution is -2.59. The van der Waals surface area contributed by atoms with Gasteiger partial charge in [-0.25, -0.2) is 4.79 Å². The molecule has 2 heterocycles. The predicted molar refractivity (Wildman–Crippen MR) is 336 cm³/mol. The zero-order valence-electron chi connectivity index (χ0n) is 54.6. The van der Waals surface area contributed by atoms with Gasteiger partial charge in [-0.3, -0.25) is 48.2 Å². The van der Waals surface area contributed by atoms with Crippen LogP contribution in [0, 0.1) is 29.6 Å². The number of ketones is 1. The van der Waals surface area contributed by atoms with E-state index in [-0.39, 0.29) is 98.8 Å². The van der Waals surface area contributed by atoms with Crippen LogP contribution in [0.4, 0.5) is 10.5 Å². The van der Waals surface area contributed by atoms with Crippen molar-refractivity contribution in [2.24, 2.45) is 40.4 Å². The fourth-order valence-electron chi connectivity index (χ4n) is 12.0. The maximum atomic E-state index is 14.5. The van der Waals surface area contributed by atoms with Crippen molar-refractivity contribution in [1.82, 2.24) is 46.2 Å². The molecule has 2 aliphatic rings. The van der Waals surface area contributed by atoms with E-state index in [9.17, 15) is 53.8 Å². The van der Waals surface area contributed by atoms with Gasteiger partial charge in [0.25, 0.3) is 0 Å². The van der Waals surface area contributed by atoms with Gasteiger partial charge in [0.05, 0.1) is 42.7 Å². The largest absolute Gasteiger partial charge is 0.379 e. The number of urea groups is 1. The number of piperidine rings is 1. The number of hydrogen-bond acceptors (Lipinski definition) is 15. The minimum atomic E-state index is -1.22. The average molecular weight is 1240 g/mol. The number of carbonyl (C=O) groups excluding carboxylic acids is 9. The number of methoxy groups -OCH3 is 2. The highest BCUT2D eigenvalue weighted by Gasteiger charge is 2.44. The number of benzene rings is 1. The minimum absolute atomic E-state index is 0.00476. The summed E-state index contributed by atoms with van der Waals surface area (Å²) in [6.45, 7) is 21.9. The average Bonchev–Trinajstić information content (AvgIpc) is 4.20. The van der Waals surface area contributed by atoms with E-state index in [1.54, 1.807) is 61.9 Å². The summed E-state index contributed by atoms with van der Waals surface area (Å²) < 4.78 is 12.1. The Hall–Kier alpha value is -6.70. The Morgan fingerprint density at radius 3 is 2.02 bits per heavy atom. The lowest BCUT2D eigenvalue weighted by molar-refractivity contribution is -0.148. The number of aliphatic hydroxyl groups excluding tert-OH is 1. The maximum Gasteiger partial charge on any atom is 0.312 e. The van der Waals surface area contributed by atoms with E-state index in [2.05, 4.69) is 48.5 Å². The molecule has 1 unspecified atom stereocenters. The molecule has 0 aliphatic carbocycles. The van der Waals surface area contributed by atoms with Gasteiger partial charge in [0.2, 0.25) is 41.4 Å². The molecule has 88 heavy (non-hydrogen) atoms. The molecule has 12 atom stereocenters. The van der Waals surface area contributed by atoms with E-state index in [0.717, 1.165) is 0 Å². The second-order valence-corrected chi connectivity index (χ2v) is 24.8. The number of anilines is 1. The second-order valence-electron chi connectivity index (χ2n) is 24.8. The molecule has 0 aromatic heterocycles. The van der Waals surface area contributed by atoms with Crippen LogP contribution in [0.15, 0.2) is 41.5 Å². The van der Waals surface area contributed by atoms with Crippen molar-refractivity contribution in [3.05, 3.63) is 52.4 Å². The number of nitrogens with zero attached hydrogens (tertiary/aromatic N) is 7. The standard InChI is InChI=1S/C62H104N14O12/c1-16-39(8)55(74(13)61(85)53(37(4)5)71-60(84)54(38(6)7)73(11)12)48(87-14)34-51(80)76-30-18-20-47(76)56(88-15)40(9)57(81)68-45(35-66-72-64)33-42-21-23-44(24-22-42)67-58(82)46(19-17-29-65-62(63)86)69-59(83)52(36(2)3)70-49(78)25-26-50(79)75-31-27-43(28-32-75)41(10)77/h21-24,37-40,43,45-48,50,52-56,79H,2,16-20,25-35H2,1,3-15H3,(H,67,82)(H,68,81)(H,69,83)(H,70,78)(H,71,84)(H3,63,65,86)/t39-,40+,45-,46-,47-,48+,50?,52-,53-,54-,55-,56+/m0/s1. The smallest absolute Gasteiger partial charge is 0.312 e. The number of nitrogens with two attached hydrogens (primary N) is 1. The van der Waals surface area contributed by atoms with Gasteiger partial charge >= 0.3 is 6.03 Å². The van der Waals surface area contributed by atoms with Crippen molar-refractivity contribution >= 4 is 58.9 Å². The van der Waals surface area contributed by atoms with Gasteiger partial charge in [0.1, 0.15) is 30.1 Å². The molecule has 1 aromatic rings. The van der Waals surface area contributed by atoms with Crippen molar-refractivity contribution < 1.29 is 57.7 Å². The number of azide groups is 1. The number of likely N-dealkylation sites (N-methyl/N-ethyl adjacent to an activating group) is 2. The number of carbonyl (C=O) groups is 9. The molecule has 1 aromatic carbocycles. The molecule has 9 amide bonds. The van der Waals surface area contributed by atoms with Gasteiger partial charge < -0.3 is 62.0 Å². The first kappa shape index (κ1) is 75.5. The van der Waals surface area contributed by atoms with Crippen LogP contribution in [-0.2, 0) is 54.3 Å². The highest BCUT2D eigenvalue weighted by atomic mass is 16.5. The topological polar surface area (TPSA) is 352 Å². The summed E-state index contributed by atoms with van der Waals surface area (Å²) >= 11 is 0. The summed E-state index contributed by atoms with van der Waals surface area (Å²) in [6.07, 6.45) is 1.18. The summed E-state index contributed by atoms with van der Waals surface area (Å²) in [6, 6.07) is 0.579. The maximum absolute atomic E-state index is 14.5. The molecule has 0 radical (unpaired) electrons. The van der Waals surface area contributed by atoms with Crippen LogP contribution >= 0.6 is 0 Å². The van der Waals surface area contributed by atoms with Crippen LogP contribution in [-0.4, -0.2) is 207 Å². The zero-order chi connectivity index (χ0) is 66.1. The SMILES string of the molecule is C=C(C)[C@H](NC(=O)CCC(O)N1CCC(C(C)=O)CC1)C(=O)N[C@@H](CCCNC(N)=O)C(=O)Nc1ccc(C[C@@H](CN=[N+]=[N-])NC(=O)[C@H](C)[C@@H](OC)[C@@H]2CCCN2C(=O)C[C@@H](OC)[C@H]([C@@H](C)CC)N(C)C(=O)[C@@H](NC(=O)[C@H](C(C)C)N(C)C)C(C)C)cc1. The van der Waals surface area contributed by atoms with Crippen molar-refractivity contribution in [2.75, 3.05) is 73.4 Å². The molecular formula is C62H104N14O12. The number of hydrogen-bond donors (Lipinski definition) is 8. The molecule has 2 aliphatic heterocycles. The molecule has 0 spiro atoms. The summed E-state index contributed by atoms with van der Waals surface area (Å²) in [4.78, 5) is 131. The van der Waals surface area contributed by atoms with Crippen LogP contribution in [0.25, 0.3) is 10.4 Å². The monoisotopic (exact) mass is 1240 g/mol. The van der Waals surface area contributed by atoms with Crippen LogP contribution in [0.3, 0.4) is 0 Å². The molecule has 0 bridgehead atoms. The third-order valence-corrected chi connectivity index (χ3v) is 17.2. The van der Waals surface area contributed by atoms with E-state index in [1.165, 1.54) is 14.2 Å². The van der Waals surface area contributed by atoms with Gasteiger partial charge in [-0.15, -0.1) is 0 Å². The number of amides is 9. The number of likely N-dealkylation sites (tertiary alicyclic amines) is 2. The molecule has 26 nitrogen and oxygen atoms in total. The quantitative estimate of drug-likeness (QED) is 0.0154. The third-order valence-electron chi connectivity index (χ3n) is 17.2. The summed E-state index contributed by atoms with van der Waals surface area (Å²) in [7, 11) is 8.38. The molecule has 26 heteroatoms. The van der Waals surface area contributed by atoms with Crippen LogP contribution in [0.5, 0.6) is 0 Å². The first-order chi connectivity index (χ1) is 41.5. The van der Waals surface area contributed by atoms with E-state index in [1.807, 2.05) is 65.4 Å². The molecule has 9 N–H and O–H groups in total. The highest BCUT2D eigenvalue weighted by Crippen LogP contribution is 2.30. The van der Waals surface area contributed by atoms with Crippen LogP contribution in [0.1, 0.15) is 132 Å². The van der Waals surface area contributed by atoms with Crippen LogP contribution in [0.2, 0.25) is 0 Å². The minimum Gasteiger partial charge on any atom is -0.379 e. The Morgan fingerprint density at radius 1 is 0.841 bits per heavy atom. The van der Waals surface area contributed by atoms with E-state index in [4.69, 9.17) is 15.2 Å². The molecule has 0 saturated carbocycles. The number of nitrogens with one attached hydrogen (secondary N) is 6. The first-order valence-electron chi connectivity index (χ1n) is 31.0. The van der Waals surface area contributed by atoms with Crippen LogP contribution < -0.4 is 37.6 Å². The molecule has 2 saturated heterocycles. The Kier molecular flexibility index (Phi) is 32.1. The van der Waals surface area contributed by atoms with Crippen molar-refractivity contribution in [3.63, 3.8) is 0 Å². The number of rotatable bonds is 37. The number of primary amides is 1. The Balaban J connectivity index is 1.73. The van der Waals surface area contributed by atoms with Gasteiger partial charge in [-0.1, -0.05) is 78.7 Å². The number of Topliss-reactive ketones (excluding diaryl/α,β-unsaturated/α-hetero) is 1. The molecule has 2 fully saturated rings. The molecule has 3 rings (SSSR count). The van der Waals surface area contributed by atoms with E-state index < -0.39 is 96.3 Å². The Morgan fingerprint density at radius 2 is 1.49 bits per heavy atom. The summed E-state index contributed by atoms with van der Waals surface area (Å²) in [5.74, 6) is -4.05. The zero-order valence-corrected chi connectivity index (χ0v) is 54.6. The van der Waals surface area contributed by atoms with E-state index in [0.29, 0.717) is 68.6 Å². The van der Waals surface area contributed by atoms with Crippen molar-refractivity contribution in [3.8, 4) is 0 Å². The van der Waals surface area contributed by atoms with Gasteiger partial charge in [0, 0.05) is 83.0 Å². The fraction of sp³-hybridized carbons (Fsp3) is 0.726. The van der Waals surface area contributed by atoms with Crippen molar-refractivity contribution in [2.45, 2.75) is 194 Å². The fourth-order valence-corrected chi connectivity index (χ4v) is 12.0. The second kappa shape index (κ2) is 37.3. The number of aliphatic hydroxyl groups is 1. The lowest BCUT2D eigenvalue weighted by atomic mass is 9.89. The third kappa shape index (κ3) is 23.0. The summed E-state index contributed by atoms with van der Waals surface area (Å²) in [5, 5.41) is 31.3. The first-order valence-corrected chi connectivity index (χ1v) is 31.0. The highest BCUT2D eigenvalue weighted by molar-refractivity contribution is 5.99. The lowest BCUT2D eigenvalue weighted by Gasteiger charge is -2.41. The Bertz CT molecular complexity index is 2530. The van der Waals surface area contributed by atoms with Gasteiger partial charge in [-0.05, 0) is 126 Å². The normalized spacial score (nSPS) is 18.4. The Labute approximate surface area is 520 Å².